The Morgan fingerprint density at radius 3 is 1.69 bits per heavy atom. The number of benzene rings is 1. The predicted octanol–water partition coefficient (Wildman–Crippen LogP) is 7.00. The molecule has 4 heterocycles. The maximum atomic E-state index is 11.1. The van der Waals surface area contributed by atoms with Crippen molar-refractivity contribution in [2.24, 2.45) is 9.98 Å². The molecule has 220 valence electrons. The maximum Gasteiger partial charge on any atom is 0.341 e. The molecule has 5 rings (SSSR count). The second kappa shape index (κ2) is 12.3. The third-order valence-electron chi connectivity index (χ3n) is 8.50. The summed E-state index contributed by atoms with van der Waals surface area (Å²) in [7, 11) is 0. The Bertz CT molecular complexity index is 1680. The van der Waals surface area contributed by atoms with Crippen LogP contribution in [0, 0.1) is 13.8 Å². The first-order valence-electron chi connectivity index (χ1n) is 15.0. The minimum absolute atomic E-state index is 0.422. The number of aromatic nitrogens is 3. The number of hydrogen-bond acceptors (Lipinski definition) is 4. The van der Waals surface area contributed by atoms with Crippen LogP contribution in [-0.2, 0) is 43.3 Å². The van der Waals surface area contributed by atoms with Crippen molar-refractivity contribution < 1.29 is 14.6 Å². The van der Waals surface area contributed by atoms with Crippen molar-refractivity contribution in [3.05, 3.63) is 85.7 Å². The van der Waals surface area contributed by atoms with E-state index in [1.807, 2.05) is 18.5 Å². The third-order valence-corrected chi connectivity index (χ3v) is 8.50. The van der Waals surface area contributed by atoms with Gasteiger partial charge >= 0.3 is 5.97 Å². The Labute approximate surface area is 247 Å². The van der Waals surface area contributed by atoms with Crippen LogP contribution in [0.2, 0.25) is 0 Å². The van der Waals surface area contributed by atoms with Gasteiger partial charge in [0.15, 0.2) is 6.61 Å². The van der Waals surface area contributed by atoms with Gasteiger partial charge in [-0.15, -0.1) is 0 Å². The number of aliphatic carboxylic acids is 1. The van der Waals surface area contributed by atoms with Crippen LogP contribution in [0.1, 0.15) is 95.2 Å². The highest BCUT2D eigenvalue weighted by Crippen LogP contribution is 2.34. The Kier molecular flexibility index (Phi) is 8.52. The van der Waals surface area contributed by atoms with Crippen LogP contribution >= 0.6 is 0 Å². The first-order chi connectivity index (χ1) is 20.3. The lowest BCUT2D eigenvalue weighted by molar-refractivity contribution is -0.139. The second-order valence-electron chi connectivity index (χ2n) is 10.9. The van der Waals surface area contributed by atoms with E-state index in [4.69, 9.17) is 19.8 Å². The lowest BCUT2D eigenvalue weighted by Crippen LogP contribution is -2.09. The van der Waals surface area contributed by atoms with Gasteiger partial charge in [0.1, 0.15) is 5.75 Å². The lowest BCUT2D eigenvalue weighted by atomic mass is 9.98. The summed E-state index contributed by atoms with van der Waals surface area (Å²) < 4.78 is 5.46. The summed E-state index contributed by atoms with van der Waals surface area (Å²) in [4.78, 5) is 32.0. The smallest absolute Gasteiger partial charge is 0.341 e. The van der Waals surface area contributed by atoms with Crippen LogP contribution < -0.4 is 4.74 Å². The molecule has 0 saturated heterocycles. The molecular weight excluding hydrogens is 526 g/mol. The molecule has 0 atom stereocenters. The minimum Gasteiger partial charge on any atom is -0.482 e. The number of nitrogens with one attached hydrogen (secondary N) is 3. The zero-order valence-electron chi connectivity index (χ0n) is 25.5. The topological polar surface area (TPSA) is 119 Å². The third kappa shape index (κ3) is 5.58. The molecule has 1 aliphatic heterocycles. The molecule has 4 aromatic rings. The number of rotatable bonds is 7. The van der Waals surface area contributed by atoms with Crippen molar-refractivity contribution in [3.63, 3.8) is 0 Å². The fourth-order valence-electron chi connectivity index (χ4n) is 6.38. The van der Waals surface area contributed by atoms with Crippen molar-refractivity contribution in [3.8, 4) is 5.75 Å². The first kappa shape index (κ1) is 29.2. The number of aliphatic imine (C=N–C) groups is 2. The summed E-state index contributed by atoms with van der Waals surface area (Å²) in [5.74, 6) is -0.600. The van der Waals surface area contributed by atoms with Gasteiger partial charge in [-0.3, -0.25) is 9.98 Å². The van der Waals surface area contributed by atoms with Crippen LogP contribution in [0.25, 0.3) is 0 Å². The first-order valence-corrected chi connectivity index (χ1v) is 15.0. The van der Waals surface area contributed by atoms with Gasteiger partial charge in [0.05, 0.1) is 35.2 Å². The quantitative estimate of drug-likeness (QED) is 0.170. The highest BCUT2D eigenvalue weighted by molar-refractivity contribution is 5.87. The molecule has 0 amide bonds. The minimum atomic E-state index is -1.03. The van der Waals surface area contributed by atoms with E-state index in [0.717, 1.165) is 49.9 Å². The number of carbonyl (C=O) groups is 1. The van der Waals surface area contributed by atoms with E-state index in [1.165, 1.54) is 56.2 Å². The summed E-state index contributed by atoms with van der Waals surface area (Å²) in [6.07, 6.45) is 9.14. The second-order valence-corrected chi connectivity index (χ2v) is 10.9. The SMILES string of the molecule is CCc1c2[nH]c(c1C)C=Nc1ccc(OCC(=O)O)cc1N=Cc1[nH]c(c(CC)c1C)Cc1[nH]c(c(CC)c1CC)C2. The number of nitrogens with zero attached hydrogens (tertiary/aromatic N) is 2. The molecule has 8 nitrogen and oxygen atoms in total. The fourth-order valence-corrected chi connectivity index (χ4v) is 6.38. The molecular formula is C34H41N5O3. The van der Waals surface area contributed by atoms with Gasteiger partial charge in [-0.2, -0.15) is 0 Å². The van der Waals surface area contributed by atoms with E-state index in [-0.39, 0.29) is 0 Å². The number of aromatic amines is 3. The number of carboxylic acids is 1. The number of ether oxygens (including phenoxy) is 1. The van der Waals surface area contributed by atoms with Gasteiger partial charge in [-0.1, -0.05) is 27.7 Å². The van der Waals surface area contributed by atoms with Crippen molar-refractivity contribution in [2.45, 2.75) is 80.1 Å². The van der Waals surface area contributed by atoms with E-state index in [1.54, 1.807) is 12.1 Å². The van der Waals surface area contributed by atoms with Gasteiger partial charge in [-0.05, 0) is 85.0 Å². The molecule has 0 unspecified atom stereocenters. The molecule has 8 heteroatoms. The van der Waals surface area contributed by atoms with Crippen LogP contribution in [-0.4, -0.2) is 45.1 Å². The monoisotopic (exact) mass is 567 g/mol. The standard InChI is InChI=1S/C34H41N5O3/c1-7-22-19(5)32-16-35-26-12-11-21(42-18-34(40)41)13-31(26)36-17-33-20(6)23(8-2)28(39-33)15-30-25(10-4)24(9-3)29(37-30)14-27(22)38-32/h11-13,16-17,37-39H,7-10,14-15,18H2,1-6H3,(H,40,41). The van der Waals surface area contributed by atoms with Crippen LogP contribution in [0.3, 0.4) is 0 Å². The van der Waals surface area contributed by atoms with E-state index in [0.29, 0.717) is 17.1 Å². The summed E-state index contributed by atoms with van der Waals surface area (Å²) in [5, 5.41) is 9.09. The molecule has 0 fully saturated rings. The molecule has 3 aromatic heterocycles. The molecule has 1 aromatic carbocycles. The summed E-state index contributed by atoms with van der Waals surface area (Å²) in [5.41, 5.74) is 16.0. The molecule has 6 bridgehead atoms. The number of hydrogen-bond donors (Lipinski definition) is 4. The molecule has 42 heavy (non-hydrogen) atoms. The number of carboxylic acid groups (broad SMARTS) is 1. The number of fused-ring (bicyclic) bond motifs is 7. The Hall–Kier alpha value is -4.33. The molecule has 0 spiro atoms. The van der Waals surface area contributed by atoms with Crippen LogP contribution in [0.4, 0.5) is 11.4 Å². The average Bonchev–Trinajstić information content (AvgIpc) is 3.58. The molecule has 4 N–H and O–H groups in total. The molecule has 0 radical (unpaired) electrons. The maximum absolute atomic E-state index is 11.1. The van der Waals surface area contributed by atoms with Gasteiger partial charge in [-0.25, -0.2) is 4.79 Å². The molecule has 1 aliphatic rings. The number of H-pyrrole nitrogens is 3. The van der Waals surface area contributed by atoms with Crippen LogP contribution in [0.5, 0.6) is 5.75 Å². The van der Waals surface area contributed by atoms with Gasteiger partial charge in [0, 0.05) is 41.7 Å². The van der Waals surface area contributed by atoms with Gasteiger partial charge < -0.3 is 24.8 Å². The normalized spacial score (nSPS) is 12.8. The van der Waals surface area contributed by atoms with E-state index in [9.17, 15) is 4.79 Å². The fraction of sp³-hybridized carbons (Fsp3) is 0.382. The summed E-state index contributed by atoms with van der Waals surface area (Å²) in [6.45, 7) is 12.8. The lowest BCUT2D eigenvalue weighted by Gasteiger charge is -2.06. The average molecular weight is 568 g/mol. The van der Waals surface area contributed by atoms with Crippen molar-refractivity contribution >= 4 is 29.8 Å². The van der Waals surface area contributed by atoms with Crippen molar-refractivity contribution in [1.29, 1.82) is 0 Å². The van der Waals surface area contributed by atoms with Gasteiger partial charge in [0.2, 0.25) is 0 Å². The highest BCUT2D eigenvalue weighted by Gasteiger charge is 2.21. The highest BCUT2D eigenvalue weighted by atomic mass is 16.5. The van der Waals surface area contributed by atoms with E-state index < -0.39 is 12.6 Å². The predicted molar refractivity (Wildman–Crippen MR) is 169 cm³/mol. The van der Waals surface area contributed by atoms with E-state index in [2.05, 4.69) is 56.5 Å². The largest absolute Gasteiger partial charge is 0.482 e. The zero-order chi connectivity index (χ0) is 30.0. The van der Waals surface area contributed by atoms with Crippen LogP contribution in [0.15, 0.2) is 28.2 Å². The van der Waals surface area contributed by atoms with E-state index >= 15 is 0 Å². The zero-order valence-corrected chi connectivity index (χ0v) is 25.5. The van der Waals surface area contributed by atoms with Crippen molar-refractivity contribution in [1.82, 2.24) is 15.0 Å². The van der Waals surface area contributed by atoms with Gasteiger partial charge in [0.25, 0.3) is 0 Å². The molecule has 0 saturated carbocycles. The summed E-state index contributed by atoms with van der Waals surface area (Å²) >= 11 is 0. The Balaban J connectivity index is 1.70. The summed E-state index contributed by atoms with van der Waals surface area (Å²) in [6, 6.07) is 5.29. The Morgan fingerprint density at radius 2 is 1.21 bits per heavy atom. The van der Waals surface area contributed by atoms with Crippen molar-refractivity contribution in [2.75, 3.05) is 6.61 Å². The molecule has 0 aliphatic carbocycles. The Morgan fingerprint density at radius 1 is 0.738 bits per heavy atom.